The number of aromatic nitrogens is 2. The highest BCUT2D eigenvalue weighted by molar-refractivity contribution is 5.34. The van der Waals surface area contributed by atoms with E-state index in [4.69, 9.17) is 0 Å². The molecule has 1 unspecified atom stereocenters. The van der Waals surface area contributed by atoms with Gasteiger partial charge < -0.3 is 5.32 Å². The fourth-order valence-electron chi connectivity index (χ4n) is 1.54. The van der Waals surface area contributed by atoms with E-state index in [1.807, 2.05) is 20.0 Å². The topological polar surface area (TPSA) is 37.8 Å². The highest BCUT2D eigenvalue weighted by Crippen LogP contribution is 2.13. The largest absolute Gasteiger partial charge is 0.366 e. The van der Waals surface area contributed by atoms with Gasteiger partial charge in [-0.3, -0.25) is 4.98 Å². The first-order valence-corrected chi connectivity index (χ1v) is 5.61. The minimum Gasteiger partial charge on any atom is -0.366 e. The fourth-order valence-corrected chi connectivity index (χ4v) is 1.54. The molecule has 0 saturated carbocycles. The van der Waals surface area contributed by atoms with Crippen molar-refractivity contribution in [1.29, 1.82) is 0 Å². The molecule has 0 aliphatic rings. The minimum atomic E-state index is 0.474. The summed E-state index contributed by atoms with van der Waals surface area (Å²) in [5.74, 6) is 1.50. The zero-order valence-corrected chi connectivity index (χ0v) is 10.3. The van der Waals surface area contributed by atoms with Gasteiger partial charge >= 0.3 is 0 Å². The molecule has 1 atom stereocenters. The summed E-state index contributed by atoms with van der Waals surface area (Å²) in [6.07, 6.45) is 2.92. The molecule has 84 valence electrons. The summed E-state index contributed by atoms with van der Waals surface area (Å²) in [5, 5.41) is 3.42. The zero-order chi connectivity index (χ0) is 11.4. The van der Waals surface area contributed by atoms with Gasteiger partial charge in [0.25, 0.3) is 0 Å². The highest BCUT2D eigenvalue weighted by Gasteiger charge is 2.11. The predicted octanol–water partition coefficient (Wildman–Crippen LogP) is 2.94. The molecular formula is C12H21N3. The zero-order valence-electron chi connectivity index (χ0n) is 10.3. The summed E-state index contributed by atoms with van der Waals surface area (Å²) in [5.41, 5.74) is 2.00. The normalized spacial score (nSPS) is 12.9. The first-order valence-electron chi connectivity index (χ1n) is 5.61. The van der Waals surface area contributed by atoms with E-state index in [2.05, 4.69) is 36.1 Å². The smallest absolute Gasteiger partial charge is 0.145 e. The van der Waals surface area contributed by atoms with Crippen molar-refractivity contribution < 1.29 is 0 Å². The maximum Gasteiger partial charge on any atom is 0.145 e. The lowest BCUT2D eigenvalue weighted by Crippen LogP contribution is -2.25. The van der Waals surface area contributed by atoms with E-state index in [-0.39, 0.29) is 0 Å². The predicted molar refractivity (Wildman–Crippen MR) is 64.0 cm³/mol. The second kappa shape index (κ2) is 5.10. The molecule has 3 nitrogen and oxygen atoms in total. The summed E-state index contributed by atoms with van der Waals surface area (Å²) in [7, 11) is 0. The van der Waals surface area contributed by atoms with Crippen LogP contribution >= 0.6 is 0 Å². The van der Waals surface area contributed by atoms with Crippen LogP contribution in [0.15, 0.2) is 6.20 Å². The number of hydrogen-bond donors (Lipinski definition) is 1. The SMILES string of the molecule is CCC(Nc1cnc(C)c(C)n1)C(C)C. The molecule has 0 radical (unpaired) electrons. The Bertz CT molecular complexity index is 321. The summed E-state index contributed by atoms with van der Waals surface area (Å²) in [6, 6.07) is 0.474. The van der Waals surface area contributed by atoms with E-state index >= 15 is 0 Å². The molecule has 1 heterocycles. The van der Waals surface area contributed by atoms with Crippen molar-refractivity contribution in [2.45, 2.75) is 47.1 Å². The average molecular weight is 207 g/mol. The van der Waals surface area contributed by atoms with Crippen LogP contribution in [-0.4, -0.2) is 16.0 Å². The second-order valence-corrected chi connectivity index (χ2v) is 4.33. The summed E-state index contributed by atoms with van der Waals surface area (Å²) in [4.78, 5) is 8.77. The molecule has 1 aromatic rings. The fraction of sp³-hybridized carbons (Fsp3) is 0.667. The van der Waals surface area contributed by atoms with Gasteiger partial charge in [0.05, 0.1) is 17.6 Å². The third kappa shape index (κ3) is 3.18. The van der Waals surface area contributed by atoms with Gasteiger partial charge in [-0.05, 0) is 26.2 Å². The Balaban J connectivity index is 2.75. The van der Waals surface area contributed by atoms with Gasteiger partial charge in [0.15, 0.2) is 0 Å². The van der Waals surface area contributed by atoms with Crippen LogP contribution in [-0.2, 0) is 0 Å². The van der Waals surface area contributed by atoms with Crippen LogP contribution in [0.1, 0.15) is 38.6 Å². The van der Waals surface area contributed by atoms with Gasteiger partial charge in [-0.15, -0.1) is 0 Å². The average Bonchev–Trinajstić information content (AvgIpc) is 2.19. The maximum absolute atomic E-state index is 4.47. The Morgan fingerprint density at radius 2 is 1.93 bits per heavy atom. The van der Waals surface area contributed by atoms with E-state index < -0.39 is 0 Å². The molecule has 0 aliphatic carbocycles. The van der Waals surface area contributed by atoms with E-state index in [9.17, 15) is 0 Å². The Morgan fingerprint density at radius 1 is 1.27 bits per heavy atom. The molecule has 15 heavy (non-hydrogen) atoms. The first kappa shape index (κ1) is 12.0. The van der Waals surface area contributed by atoms with Crippen molar-refractivity contribution in [3.05, 3.63) is 17.6 Å². The number of anilines is 1. The Morgan fingerprint density at radius 3 is 2.40 bits per heavy atom. The number of nitrogens with zero attached hydrogens (tertiary/aromatic N) is 2. The summed E-state index contributed by atoms with van der Waals surface area (Å²) >= 11 is 0. The highest BCUT2D eigenvalue weighted by atomic mass is 15.0. The Hall–Kier alpha value is -1.12. The number of hydrogen-bond acceptors (Lipinski definition) is 3. The van der Waals surface area contributed by atoms with Gasteiger partial charge in [-0.25, -0.2) is 4.98 Å². The molecular weight excluding hydrogens is 186 g/mol. The molecule has 1 rings (SSSR count). The molecule has 0 aliphatic heterocycles. The standard InChI is InChI=1S/C12H21N3/c1-6-11(8(2)3)15-12-7-13-9(4)10(5)14-12/h7-8,11H,6H2,1-5H3,(H,14,15). The van der Waals surface area contributed by atoms with Gasteiger partial charge in [0.2, 0.25) is 0 Å². The van der Waals surface area contributed by atoms with Crippen molar-refractivity contribution in [2.75, 3.05) is 5.32 Å². The molecule has 0 spiro atoms. The van der Waals surface area contributed by atoms with E-state index in [0.29, 0.717) is 12.0 Å². The lowest BCUT2D eigenvalue weighted by atomic mass is 10.0. The molecule has 3 heteroatoms. The van der Waals surface area contributed by atoms with Crippen LogP contribution in [0.3, 0.4) is 0 Å². The lowest BCUT2D eigenvalue weighted by molar-refractivity contribution is 0.509. The van der Waals surface area contributed by atoms with Crippen molar-refractivity contribution in [3.63, 3.8) is 0 Å². The Kier molecular flexibility index (Phi) is 4.06. The van der Waals surface area contributed by atoms with Crippen LogP contribution in [0.2, 0.25) is 0 Å². The van der Waals surface area contributed by atoms with Crippen molar-refractivity contribution in [2.24, 2.45) is 5.92 Å². The Labute approximate surface area is 92.3 Å². The van der Waals surface area contributed by atoms with Crippen LogP contribution in [0.25, 0.3) is 0 Å². The third-order valence-electron chi connectivity index (χ3n) is 2.77. The van der Waals surface area contributed by atoms with E-state index in [0.717, 1.165) is 23.6 Å². The first-order chi connectivity index (χ1) is 7.04. The number of aryl methyl sites for hydroxylation is 2. The summed E-state index contributed by atoms with van der Waals surface area (Å²) < 4.78 is 0. The molecule has 0 amide bonds. The van der Waals surface area contributed by atoms with Gasteiger partial charge in [0, 0.05) is 6.04 Å². The molecule has 0 aromatic carbocycles. The van der Waals surface area contributed by atoms with E-state index in [1.54, 1.807) is 0 Å². The second-order valence-electron chi connectivity index (χ2n) is 4.33. The van der Waals surface area contributed by atoms with Crippen molar-refractivity contribution >= 4 is 5.82 Å². The van der Waals surface area contributed by atoms with Crippen LogP contribution in [0.4, 0.5) is 5.82 Å². The maximum atomic E-state index is 4.47. The molecule has 1 N–H and O–H groups in total. The monoisotopic (exact) mass is 207 g/mol. The quantitative estimate of drug-likeness (QED) is 0.825. The van der Waals surface area contributed by atoms with Crippen molar-refractivity contribution in [3.8, 4) is 0 Å². The van der Waals surface area contributed by atoms with Crippen LogP contribution in [0.5, 0.6) is 0 Å². The third-order valence-corrected chi connectivity index (χ3v) is 2.77. The van der Waals surface area contributed by atoms with Gasteiger partial charge in [0.1, 0.15) is 5.82 Å². The minimum absolute atomic E-state index is 0.474. The number of nitrogens with one attached hydrogen (secondary N) is 1. The molecule has 0 saturated heterocycles. The number of rotatable bonds is 4. The van der Waals surface area contributed by atoms with Gasteiger partial charge in [-0.1, -0.05) is 20.8 Å². The molecule has 1 aromatic heterocycles. The lowest BCUT2D eigenvalue weighted by Gasteiger charge is -2.21. The summed E-state index contributed by atoms with van der Waals surface area (Å²) in [6.45, 7) is 10.6. The van der Waals surface area contributed by atoms with Crippen LogP contribution < -0.4 is 5.32 Å². The van der Waals surface area contributed by atoms with Crippen LogP contribution in [0, 0.1) is 19.8 Å². The van der Waals surface area contributed by atoms with E-state index in [1.165, 1.54) is 0 Å². The van der Waals surface area contributed by atoms with Crippen molar-refractivity contribution in [1.82, 2.24) is 9.97 Å². The van der Waals surface area contributed by atoms with Gasteiger partial charge in [-0.2, -0.15) is 0 Å². The molecule has 0 bridgehead atoms. The molecule has 0 fully saturated rings.